The maximum Gasteiger partial charge on any atom is 0.192 e. The molecule has 1 aromatic heterocycles. The largest absolute Gasteiger partial charge is 0.441 e. The molecule has 2 N–H and O–H groups in total. The van der Waals surface area contributed by atoms with Gasteiger partial charge in [-0.25, -0.2) is 4.98 Å². The Balaban J connectivity index is 2.01. The van der Waals surface area contributed by atoms with Gasteiger partial charge in [0.15, 0.2) is 11.5 Å². The lowest BCUT2D eigenvalue weighted by Crippen LogP contribution is -2.53. The van der Waals surface area contributed by atoms with Gasteiger partial charge in [-0.3, -0.25) is 0 Å². The normalized spacial score (nSPS) is 18.5. The molecule has 1 aliphatic rings. The first-order valence-corrected chi connectivity index (χ1v) is 6.62. The van der Waals surface area contributed by atoms with Gasteiger partial charge in [0.2, 0.25) is 0 Å². The van der Waals surface area contributed by atoms with Crippen LogP contribution in [-0.2, 0) is 10.2 Å². The average Bonchev–Trinajstić information content (AvgIpc) is 2.61. The smallest absolute Gasteiger partial charge is 0.192 e. The quantitative estimate of drug-likeness (QED) is 0.921. The molecule has 2 heterocycles. The summed E-state index contributed by atoms with van der Waals surface area (Å²) in [4.78, 5) is 4.40. The number of aromatic nitrogens is 1. The molecule has 0 spiro atoms. The third-order valence-electron chi connectivity index (χ3n) is 3.66. The van der Waals surface area contributed by atoms with E-state index in [1.807, 2.05) is 13.0 Å². The van der Waals surface area contributed by atoms with Crippen LogP contribution in [0.15, 0.2) is 22.6 Å². The monoisotopic (exact) mass is 260 g/mol. The fourth-order valence-electron chi connectivity index (χ4n) is 2.96. The number of hydrogen-bond acceptors (Lipinski definition) is 4. The van der Waals surface area contributed by atoms with E-state index in [4.69, 9.17) is 14.9 Å². The van der Waals surface area contributed by atoms with Crippen LogP contribution in [0.5, 0.6) is 0 Å². The van der Waals surface area contributed by atoms with Gasteiger partial charge < -0.3 is 14.9 Å². The summed E-state index contributed by atoms with van der Waals surface area (Å²) in [7, 11) is 0. The van der Waals surface area contributed by atoms with Crippen LogP contribution in [0.1, 0.15) is 31.7 Å². The van der Waals surface area contributed by atoms with Gasteiger partial charge in [-0.05, 0) is 38.0 Å². The molecule has 0 aliphatic carbocycles. The van der Waals surface area contributed by atoms with E-state index in [2.05, 4.69) is 31.0 Å². The molecule has 1 fully saturated rings. The van der Waals surface area contributed by atoms with E-state index in [-0.39, 0.29) is 11.0 Å². The Kier molecular flexibility index (Phi) is 2.69. The van der Waals surface area contributed by atoms with Crippen LogP contribution in [0.2, 0.25) is 0 Å². The van der Waals surface area contributed by atoms with Crippen molar-refractivity contribution in [2.75, 3.05) is 13.2 Å². The third-order valence-corrected chi connectivity index (χ3v) is 3.66. The zero-order valence-corrected chi connectivity index (χ0v) is 11.7. The van der Waals surface area contributed by atoms with Gasteiger partial charge in [0.05, 0.1) is 13.2 Å². The molecule has 0 radical (unpaired) electrons. The molecule has 0 amide bonds. The summed E-state index contributed by atoms with van der Waals surface area (Å²) in [6, 6.07) is 6.22. The number of rotatable bonds is 3. The van der Waals surface area contributed by atoms with Gasteiger partial charge in [-0.2, -0.15) is 0 Å². The molecule has 1 aliphatic heterocycles. The number of oxazole rings is 1. The highest BCUT2D eigenvalue weighted by atomic mass is 16.5. The van der Waals surface area contributed by atoms with E-state index in [1.54, 1.807) is 0 Å². The standard InChI is InChI=1S/C15H20N2O2/c1-10-17-12-6-11(4-5-13(12)19-10)15(8-18-9-15)7-14(2,3)16/h4-6H,7-9,16H2,1-3H3. The summed E-state index contributed by atoms with van der Waals surface area (Å²) in [5, 5.41) is 0. The molecule has 1 aromatic carbocycles. The zero-order valence-electron chi connectivity index (χ0n) is 11.7. The van der Waals surface area contributed by atoms with Crippen LogP contribution in [0.4, 0.5) is 0 Å². The molecule has 4 heteroatoms. The molecule has 1 saturated heterocycles. The second kappa shape index (κ2) is 4.05. The van der Waals surface area contributed by atoms with Crippen molar-refractivity contribution in [3.63, 3.8) is 0 Å². The van der Waals surface area contributed by atoms with Crippen LogP contribution in [0, 0.1) is 6.92 Å². The average molecular weight is 260 g/mol. The molecule has 3 rings (SSSR count). The predicted octanol–water partition coefficient (Wildman–Crippen LogP) is 2.53. The van der Waals surface area contributed by atoms with E-state index in [9.17, 15) is 0 Å². The van der Waals surface area contributed by atoms with Crippen molar-refractivity contribution in [2.45, 2.75) is 38.1 Å². The second-order valence-electron chi connectivity index (χ2n) is 6.35. The highest BCUT2D eigenvalue weighted by Gasteiger charge is 2.43. The Morgan fingerprint density at radius 3 is 2.68 bits per heavy atom. The molecule has 0 unspecified atom stereocenters. The minimum absolute atomic E-state index is 0.0271. The Bertz CT molecular complexity index is 606. The van der Waals surface area contributed by atoms with E-state index < -0.39 is 0 Å². The topological polar surface area (TPSA) is 61.3 Å². The first-order chi connectivity index (χ1) is 8.88. The minimum atomic E-state index is -0.210. The van der Waals surface area contributed by atoms with Gasteiger partial charge in [-0.1, -0.05) is 6.07 Å². The van der Waals surface area contributed by atoms with Crippen LogP contribution in [0.25, 0.3) is 11.1 Å². The van der Waals surface area contributed by atoms with E-state index in [0.29, 0.717) is 5.89 Å². The van der Waals surface area contributed by atoms with Crippen LogP contribution >= 0.6 is 0 Å². The van der Waals surface area contributed by atoms with Crippen molar-refractivity contribution < 1.29 is 9.15 Å². The molecule has 102 valence electrons. The second-order valence-corrected chi connectivity index (χ2v) is 6.35. The SMILES string of the molecule is Cc1nc2cc(C3(CC(C)(C)N)COC3)ccc2o1. The van der Waals surface area contributed by atoms with Crippen LogP contribution in [-0.4, -0.2) is 23.7 Å². The lowest BCUT2D eigenvalue weighted by molar-refractivity contribution is -0.0718. The third kappa shape index (κ3) is 2.26. The number of ether oxygens (including phenoxy) is 1. The first kappa shape index (κ1) is 12.6. The molecular formula is C15H20N2O2. The number of aryl methyl sites for hydroxylation is 1. The van der Waals surface area contributed by atoms with Gasteiger partial charge in [-0.15, -0.1) is 0 Å². The van der Waals surface area contributed by atoms with E-state index in [1.165, 1.54) is 5.56 Å². The Labute approximate surface area is 112 Å². The Morgan fingerprint density at radius 1 is 1.37 bits per heavy atom. The van der Waals surface area contributed by atoms with E-state index in [0.717, 1.165) is 30.7 Å². The molecule has 2 aromatic rings. The molecule has 0 saturated carbocycles. The van der Waals surface area contributed by atoms with Crippen molar-refractivity contribution in [3.05, 3.63) is 29.7 Å². The maximum atomic E-state index is 6.20. The highest BCUT2D eigenvalue weighted by Crippen LogP contribution is 2.39. The number of hydrogen-bond donors (Lipinski definition) is 1. The van der Waals surface area contributed by atoms with Crippen molar-refractivity contribution in [3.8, 4) is 0 Å². The molecule has 0 bridgehead atoms. The summed E-state index contributed by atoms with van der Waals surface area (Å²) in [5.74, 6) is 0.699. The Hall–Kier alpha value is -1.39. The summed E-state index contributed by atoms with van der Waals surface area (Å²) in [6.07, 6.45) is 0.905. The number of nitrogens with zero attached hydrogens (tertiary/aromatic N) is 1. The van der Waals surface area contributed by atoms with Gasteiger partial charge in [0.1, 0.15) is 5.52 Å². The van der Waals surface area contributed by atoms with Crippen molar-refractivity contribution in [1.82, 2.24) is 4.98 Å². The van der Waals surface area contributed by atoms with Crippen LogP contribution in [0.3, 0.4) is 0 Å². The van der Waals surface area contributed by atoms with Gasteiger partial charge >= 0.3 is 0 Å². The Morgan fingerprint density at radius 2 is 2.11 bits per heavy atom. The van der Waals surface area contributed by atoms with E-state index >= 15 is 0 Å². The first-order valence-electron chi connectivity index (χ1n) is 6.62. The summed E-state index contributed by atoms with van der Waals surface area (Å²) < 4.78 is 11.0. The summed E-state index contributed by atoms with van der Waals surface area (Å²) in [5.41, 5.74) is 9.01. The molecule has 4 nitrogen and oxygen atoms in total. The highest BCUT2D eigenvalue weighted by molar-refractivity contribution is 5.74. The fourth-order valence-corrected chi connectivity index (χ4v) is 2.96. The zero-order chi connectivity index (χ0) is 13.7. The van der Waals surface area contributed by atoms with Gasteiger partial charge in [0, 0.05) is 17.9 Å². The number of benzene rings is 1. The minimum Gasteiger partial charge on any atom is -0.441 e. The van der Waals surface area contributed by atoms with Crippen molar-refractivity contribution >= 4 is 11.1 Å². The predicted molar refractivity (Wildman–Crippen MR) is 74.1 cm³/mol. The van der Waals surface area contributed by atoms with Crippen LogP contribution < -0.4 is 5.73 Å². The number of nitrogens with two attached hydrogens (primary N) is 1. The summed E-state index contributed by atoms with van der Waals surface area (Å²) >= 11 is 0. The maximum absolute atomic E-state index is 6.20. The molecule has 19 heavy (non-hydrogen) atoms. The lowest BCUT2D eigenvalue weighted by Gasteiger charge is -2.45. The van der Waals surface area contributed by atoms with Gasteiger partial charge in [0.25, 0.3) is 0 Å². The number of fused-ring (bicyclic) bond motifs is 1. The van der Waals surface area contributed by atoms with Crippen molar-refractivity contribution in [2.24, 2.45) is 5.73 Å². The molecule has 0 atom stereocenters. The fraction of sp³-hybridized carbons (Fsp3) is 0.533. The van der Waals surface area contributed by atoms with Crippen molar-refractivity contribution in [1.29, 1.82) is 0 Å². The summed E-state index contributed by atoms with van der Waals surface area (Å²) in [6.45, 7) is 7.45. The molecular weight excluding hydrogens is 240 g/mol. The lowest BCUT2D eigenvalue weighted by atomic mass is 9.71.